The second-order valence-corrected chi connectivity index (χ2v) is 7.34. The van der Waals surface area contributed by atoms with Crippen LogP contribution in [-0.4, -0.2) is 37.8 Å². The number of aromatic nitrogens is 4. The first-order valence-electron chi connectivity index (χ1n) is 9.64. The number of halogens is 1. The van der Waals surface area contributed by atoms with Gasteiger partial charge in [-0.05, 0) is 43.8 Å². The van der Waals surface area contributed by atoms with Gasteiger partial charge < -0.3 is 9.47 Å². The lowest BCUT2D eigenvalue weighted by Crippen LogP contribution is -2.22. The number of benzene rings is 2. The molecule has 0 aliphatic heterocycles. The van der Waals surface area contributed by atoms with E-state index in [2.05, 4.69) is 40.6 Å². The van der Waals surface area contributed by atoms with Crippen molar-refractivity contribution in [1.29, 1.82) is 0 Å². The van der Waals surface area contributed by atoms with Crippen molar-refractivity contribution in [2.75, 3.05) is 13.6 Å². The first kappa shape index (κ1) is 19.1. The summed E-state index contributed by atoms with van der Waals surface area (Å²) in [5.74, 6) is -0.257. The smallest absolute Gasteiger partial charge is 0.123 e. The highest BCUT2D eigenvalue weighted by atomic mass is 19.1. The van der Waals surface area contributed by atoms with Crippen LogP contribution in [0.4, 0.5) is 4.39 Å². The van der Waals surface area contributed by atoms with Gasteiger partial charge in [-0.3, -0.25) is 0 Å². The van der Waals surface area contributed by atoms with E-state index in [0.29, 0.717) is 6.54 Å². The molecule has 4 aromatic rings. The molecule has 0 saturated heterocycles. The van der Waals surface area contributed by atoms with Crippen LogP contribution >= 0.6 is 0 Å². The van der Waals surface area contributed by atoms with Gasteiger partial charge in [0.05, 0.1) is 17.7 Å². The Balaban J connectivity index is 1.63. The Bertz CT molecular complexity index is 1080. The van der Waals surface area contributed by atoms with Crippen LogP contribution in [0.15, 0.2) is 73.4 Å². The minimum atomic E-state index is -0.257. The standard InChI is InChI=1S/C23H24FN5/c1-18-5-3-8-22(13-18)29-16-20(15-27(2)11-12-28-10-9-25-17-28)23(26-29)19-6-4-7-21(24)14-19/h3-10,13-14,16-17H,11-12,15H2,1-2H3. The third-order valence-electron chi connectivity index (χ3n) is 4.89. The molecular formula is C23H24FN5. The fourth-order valence-corrected chi connectivity index (χ4v) is 3.38. The monoisotopic (exact) mass is 389 g/mol. The summed E-state index contributed by atoms with van der Waals surface area (Å²) in [6.45, 7) is 4.50. The normalized spacial score (nSPS) is 11.3. The number of rotatable bonds is 7. The molecule has 6 heteroatoms. The molecule has 0 N–H and O–H groups in total. The number of nitrogens with zero attached hydrogens (tertiary/aromatic N) is 5. The lowest BCUT2D eigenvalue weighted by Gasteiger charge is -2.16. The van der Waals surface area contributed by atoms with Gasteiger partial charge in [-0.15, -0.1) is 0 Å². The predicted molar refractivity (Wildman–Crippen MR) is 112 cm³/mol. The van der Waals surface area contributed by atoms with E-state index in [1.165, 1.54) is 17.7 Å². The maximum absolute atomic E-state index is 13.9. The van der Waals surface area contributed by atoms with Crippen LogP contribution in [0.5, 0.6) is 0 Å². The molecule has 0 bridgehead atoms. The van der Waals surface area contributed by atoms with Crippen LogP contribution in [0.3, 0.4) is 0 Å². The zero-order valence-electron chi connectivity index (χ0n) is 16.7. The molecule has 5 nitrogen and oxygen atoms in total. The fourth-order valence-electron chi connectivity index (χ4n) is 3.38. The van der Waals surface area contributed by atoms with Gasteiger partial charge in [0.1, 0.15) is 5.82 Å². The van der Waals surface area contributed by atoms with Crippen LogP contribution < -0.4 is 0 Å². The summed E-state index contributed by atoms with van der Waals surface area (Å²) in [6, 6.07) is 14.8. The SMILES string of the molecule is Cc1cccc(-n2cc(CN(C)CCn3ccnc3)c(-c3cccc(F)c3)n2)c1. The molecule has 0 unspecified atom stereocenters. The van der Waals surface area contributed by atoms with E-state index in [1.54, 1.807) is 12.3 Å². The molecular weight excluding hydrogens is 365 g/mol. The van der Waals surface area contributed by atoms with E-state index in [4.69, 9.17) is 5.10 Å². The fraction of sp³-hybridized carbons (Fsp3) is 0.217. The average Bonchev–Trinajstić information content (AvgIpc) is 3.36. The Morgan fingerprint density at radius 1 is 1.10 bits per heavy atom. The third kappa shape index (κ3) is 4.60. The molecule has 0 spiro atoms. The van der Waals surface area contributed by atoms with Gasteiger partial charge in [0.2, 0.25) is 0 Å². The van der Waals surface area contributed by atoms with E-state index < -0.39 is 0 Å². The molecule has 0 fully saturated rings. The van der Waals surface area contributed by atoms with Crippen LogP contribution in [-0.2, 0) is 13.1 Å². The van der Waals surface area contributed by atoms with Gasteiger partial charge in [0.25, 0.3) is 0 Å². The van der Waals surface area contributed by atoms with Crippen molar-refractivity contribution < 1.29 is 4.39 Å². The van der Waals surface area contributed by atoms with Crippen LogP contribution in [0.2, 0.25) is 0 Å². The molecule has 2 heterocycles. The highest BCUT2D eigenvalue weighted by molar-refractivity contribution is 5.63. The molecule has 0 amide bonds. The number of likely N-dealkylation sites (N-methyl/N-ethyl adjacent to an activating group) is 1. The summed E-state index contributed by atoms with van der Waals surface area (Å²) in [5.41, 5.74) is 4.82. The van der Waals surface area contributed by atoms with Gasteiger partial charge in [0.15, 0.2) is 0 Å². The van der Waals surface area contributed by atoms with E-state index in [1.807, 2.05) is 41.6 Å². The highest BCUT2D eigenvalue weighted by Gasteiger charge is 2.15. The van der Waals surface area contributed by atoms with E-state index in [-0.39, 0.29) is 5.82 Å². The van der Waals surface area contributed by atoms with Crippen molar-refractivity contribution in [3.8, 4) is 16.9 Å². The van der Waals surface area contributed by atoms with E-state index >= 15 is 0 Å². The summed E-state index contributed by atoms with van der Waals surface area (Å²) >= 11 is 0. The van der Waals surface area contributed by atoms with E-state index in [9.17, 15) is 4.39 Å². The summed E-state index contributed by atoms with van der Waals surface area (Å²) in [6.07, 6.45) is 7.61. The van der Waals surface area contributed by atoms with Gasteiger partial charge >= 0.3 is 0 Å². The van der Waals surface area contributed by atoms with Gasteiger partial charge in [0, 0.05) is 49.4 Å². The number of aryl methyl sites for hydroxylation is 1. The minimum absolute atomic E-state index is 0.257. The quantitative estimate of drug-likeness (QED) is 0.473. The zero-order valence-corrected chi connectivity index (χ0v) is 16.7. The Labute approximate surface area is 170 Å². The molecule has 0 aliphatic rings. The lowest BCUT2D eigenvalue weighted by molar-refractivity contribution is 0.312. The Kier molecular flexibility index (Phi) is 5.53. The molecule has 0 aliphatic carbocycles. The van der Waals surface area contributed by atoms with Crippen molar-refractivity contribution in [2.24, 2.45) is 0 Å². The minimum Gasteiger partial charge on any atom is -0.336 e. The second kappa shape index (κ2) is 8.41. The van der Waals surface area contributed by atoms with Crippen molar-refractivity contribution in [2.45, 2.75) is 20.0 Å². The van der Waals surface area contributed by atoms with Crippen LogP contribution in [0.25, 0.3) is 16.9 Å². The predicted octanol–water partition coefficient (Wildman–Crippen LogP) is 4.32. The third-order valence-corrected chi connectivity index (χ3v) is 4.89. The largest absolute Gasteiger partial charge is 0.336 e. The number of imidazole rings is 1. The van der Waals surface area contributed by atoms with Crippen LogP contribution in [0, 0.1) is 12.7 Å². The average molecular weight is 389 g/mol. The summed E-state index contributed by atoms with van der Waals surface area (Å²) in [4.78, 5) is 6.32. The number of hydrogen-bond donors (Lipinski definition) is 0. The Hall–Kier alpha value is -3.25. The first-order chi connectivity index (χ1) is 14.1. The Morgan fingerprint density at radius 3 is 2.72 bits per heavy atom. The van der Waals surface area contributed by atoms with Crippen molar-refractivity contribution >= 4 is 0 Å². The summed E-state index contributed by atoms with van der Waals surface area (Å²) in [5, 5.41) is 4.80. The van der Waals surface area contributed by atoms with Gasteiger partial charge in [-0.2, -0.15) is 5.10 Å². The maximum atomic E-state index is 13.9. The number of hydrogen-bond acceptors (Lipinski definition) is 3. The zero-order chi connectivity index (χ0) is 20.2. The molecule has 148 valence electrons. The van der Waals surface area contributed by atoms with Gasteiger partial charge in [-0.1, -0.05) is 24.3 Å². The highest BCUT2D eigenvalue weighted by Crippen LogP contribution is 2.25. The molecule has 2 aromatic heterocycles. The molecule has 4 rings (SSSR count). The van der Waals surface area contributed by atoms with Crippen molar-refractivity contribution in [1.82, 2.24) is 24.2 Å². The van der Waals surface area contributed by atoms with Crippen LogP contribution in [0.1, 0.15) is 11.1 Å². The second-order valence-electron chi connectivity index (χ2n) is 7.34. The lowest BCUT2D eigenvalue weighted by atomic mass is 10.1. The molecule has 2 aromatic carbocycles. The topological polar surface area (TPSA) is 38.9 Å². The molecule has 0 atom stereocenters. The van der Waals surface area contributed by atoms with Crippen molar-refractivity contribution in [3.63, 3.8) is 0 Å². The van der Waals surface area contributed by atoms with Crippen molar-refractivity contribution in [3.05, 3.63) is 90.4 Å². The summed E-state index contributed by atoms with van der Waals surface area (Å²) in [7, 11) is 2.08. The first-order valence-corrected chi connectivity index (χ1v) is 9.64. The maximum Gasteiger partial charge on any atom is 0.123 e. The Morgan fingerprint density at radius 2 is 1.97 bits per heavy atom. The van der Waals surface area contributed by atoms with E-state index in [0.717, 1.165) is 35.6 Å². The molecule has 0 radical (unpaired) electrons. The molecule has 29 heavy (non-hydrogen) atoms. The molecule has 0 saturated carbocycles. The van der Waals surface area contributed by atoms with Gasteiger partial charge in [-0.25, -0.2) is 14.1 Å². The summed E-state index contributed by atoms with van der Waals surface area (Å²) < 4.78 is 17.8.